The van der Waals surface area contributed by atoms with Gasteiger partial charge in [-0.2, -0.15) is 0 Å². The van der Waals surface area contributed by atoms with Gasteiger partial charge < -0.3 is 10.2 Å². The van der Waals surface area contributed by atoms with Crippen molar-refractivity contribution in [1.82, 2.24) is 10.2 Å². The molecule has 0 unspecified atom stereocenters. The summed E-state index contributed by atoms with van der Waals surface area (Å²) < 4.78 is 28.8. The van der Waals surface area contributed by atoms with Crippen LogP contribution in [0.3, 0.4) is 0 Å². The van der Waals surface area contributed by atoms with Gasteiger partial charge in [-0.25, -0.2) is 8.42 Å². The molecule has 0 heterocycles. The number of halogens is 2. The number of nitrogens with zero attached hydrogens (tertiary/aromatic N) is 2. The number of amides is 2. The molecule has 1 N–H and O–H groups in total. The largest absolute Gasteiger partial charge is 0.354 e. The Morgan fingerprint density at radius 2 is 1.57 bits per heavy atom. The normalized spacial score (nSPS) is 12.2. The van der Waals surface area contributed by atoms with E-state index in [1.807, 2.05) is 52.0 Å². The van der Waals surface area contributed by atoms with Crippen LogP contribution in [0.25, 0.3) is 0 Å². The van der Waals surface area contributed by atoms with Gasteiger partial charge in [0.25, 0.3) is 10.0 Å². The summed E-state index contributed by atoms with van der Waals surface area (Å²) in [5.41, 5.74) is 2.73. The van der Waals surface area contributed by atoms with Crippen LogP contribution in [0.5, 0.6) is 0 Å². The van der Waals surface area contributed by atoms with Crippen LogP contribution in [-0.4, -0.2) is 44.3 Å². The Balaban J connectivity index is 2.07. The van der Waals surface area contributed by atoms with Gasteiger partial charge in [0.2, 0.25) is 11.8 Å². The van der Waals surface area contributed by atoms with E-state index in [9.17, 15) is 18.0 Å². The van der Waals surface area contributed by atoms with E-state index >= 15 is 0 Å². The smallest absolute Gasteiger partial charge is 0.264 e. The van der Waals surface area contributed by atoms with Crippen LogP contribution in [0.1, 0.15) is 37.5 Å². The molecule has 0 aliphatic carbocycles. The van der Waals surface area contributed by atoms with E-state index < -0.39 is 28.5 Å². The minimum absolute atomic E-state index is 0.00452. The molecule has 0 fully saturated rings. The lowest BCUT2D eigenvalue weighted by atomic mass is 10.1. The van der Waals surface area contributed by atoms with Gasteiger partial charge in [-0.1, -0.05) is 79.0 Å². The summed E-state index contributed by atoms with van der Waals surface area (Å²) >= 11 is 12.7. The van der Waals surface area contributed by atoms with Crippen molar-refractivity contribution in [3.8, 4) is 0 Å². The van der Waals surface area contributed by atoms with Crippen LogP contribution in [0.15, 0.2) is 71.6 Å². The molecule has 3 aromatic carbocycles. The molecule has 214 valence electrons. The van der Waals surface area contributed by atoms with Crippen molar-refractivity contribution in [1.29, 1.82) is 0 Å². The highest BCUT2D eigenvalue weighted by atomic mass is 35.5. The monoisotopic (exact) mass is 603 g/mol. The highest BCUT2D eigenvalue weighted by Gasteiger charge is 2.33. The van der Waals surface area contributed by atoms with Crippen molar-refractivity contribution in [3.05, 3.63) is 93.5 Å². The van der Waals surface area contributed by atoms with Crippen LogP contribution in [-0.2, 0) is 26.2 Å². The SMILES string of the molecule is Cc1ccc(S(=O)(=O)N(CC(=O)N(Cc2ccccc2C)[C@@H](C)C(=O)NCC(C)C)c2cc(Cl)ccc2Cl)cc1. The number of carbonyl (C=O) groups excluding carboxylic acids is 2. The van der Waals surface area contributed by atoms with Crippen molar-refractivity contribution >= 4 is 50.7 Å². The first kappa shape index (κ1) is 31.5. The zero-order valence-electron chi connectivity index (χ0n) is 23.3. The second-order valence-corrected chi connectivity index (χ2v) is 12.9. The Morgan fingerprint density at radius 1 is 0.925 bits per heavy atom. The van der Waals surface area contributed by atoms with Gasteiger partial charge in [0.05, 0.1) is 15.6 Å². The predicted octanol–water partition coefficient (Wildman–Crippen LogP) is 6.00. The number of carbonyl (C=O) groups is 2. The number of hydrogen-bond acceptors (Lipinski definition) is 4. The lowest BCUT2D eigenvalue weighted by molar-refractivity contribution is -0.139. The second kappa shape index (κ2) is 13.5. The van der Waals surface area contributed by atoms with E-state index in [-0.39, 0.29) is 39.0 Å². The average molecular weight is 605 g/mol. The van der Waals surface area contributed by atoms with Crippen molar-refractivity contribution in [2.24, 2.45) is 5.92 Å². The van der Waals surface area contributed by atoms with Crippen LogP contribution in [0.2, 0.25) is 10.0 Å². The first-order valence-corrected chi connectivity index (χ1v) is 15.2. The molecule has 3 aromatic rings. The van der Waals surface area contributed by atoms with Crippen molar-refractivity contribution in [3.63, 3.8) is 0 Å². The summed E-state index contributed by atoms with van der Waals surface area (Å²) in [6.07, 6.45) is 0. The minimum Gasteiger partial charge on any atom is -0.354 e. The number of nitrogens with one attached hydrogen (secondary N) is 1. The number of hydrogen-bond donors (Lipinski definition) is 1. The quantitative estimate of drug-likeness (QED) is 0.291. The lowest BCUT2D eigenvalue weighted by Gasteiger charge is -2.32. The number of sulfonamides is 1. The Labute approximate surface area is 247 Å². The summed E-state index contributed by atoms with van der Waals surface area (Å²) in [6.45, 7) is 9.32. The molecular formula is C30H35Cl2N3O4S. The fourth-order valence-corrected chi connectivity index (χ4v) is 5.89. The molecule has 0 saturated heterocycles. The van der Waals surface area contributed by atoms with Gasteiger partial charge in [-0.05, 0) is 68.1 Å². The molecule has 40 heavy (non-hydrogen) atoms. The molecular weight excluding hydrogens is 569 g/mol. The minimum atomic E-state index is -4.24. The van der Waals surface area contributed by atoms with E-state index in [1.54, 1.807) is 19.1 Å². The third kappa shape index (κ3) is 7.77. The Morgan fingerprint density at radius 3 is 2.20 bits per heavy atom. The van der Waals surface area contributed by atoms with Gasteiger partial charge in [0.15, 0.2) is 0 Å². The zero-order valence-corrected chi connectivity index (χ0v) is 25.6. The summed E-state index contributed by atoms with van der Waals surface area (Å²) in [7, 11) is -4.24. The average Bonchev–Trinajstić information content (AvgIpc) is 2.91. The van der Waals surface area contributed by atoms with Crippen molar-refractivity contribution in [2.75, 3.05) is 17.4 Å². The van der Waals surface area contributed by atoms with Gasteiger partial charge in [-0.15, -0.1) is 0 Å². The maximum Gasteiger partial charge on any atom is 0.264 e. The number of aryl methyl sites for hydroxylation is 2. The molecule has 0 aliphatic rings. The van der Waals surface area contributed by atoms with Crippen LogP contribution in [0.4, 0.5) is 5.69 Å². The number of anilines is 1. The summed E-state index contributed by atoms with van der Waals surface area (Å²) in [5.74, 6) is -0.677. The standard InChI is InChI=1S/C30H35Cl2N3O4S/c1-20(2)17-33-30(37)23(5)34(18-24-9-7-6-8-22(24)4)29(36)19-35(28-16-25(31)12-15-27(28)32)40(38,39)26-13-10-21(3)11-14-26/h6-16,20,23H,17-19H2,1-5H3,(H,33,37)/t23-/m0/s1. The van der Waals surface area contributed by atoms with Crippen molar-refractivity contribution in [2.45, 2.75) is 52.1 Å². The van der Waals surface area contributed by atoms with E-state index in [4.69, 9.17) is 23.2 Å². The highest BCUT2D eigenvalue weighted by molar-refractivity contribution is 7.92. The first-order valence-electron chi connectivity index (χ1n) is 13.0. The second-order valence-electron chi connectivity index (χ2n) is 10.2. The van der Waals surface area contributed by atoms with Crippen LogP contribution < -0.4 is 9.62 Å². The molecule has 0 radical (unpaired) electrons. The van der Waals surface area contributed by atoms with E-state index in [0.717, 1.165) is 21.0 Å². The molecule has 7 nitrogen and oxygen atoms in total. The third-order valence-corrected chi connectivity index (χ3v) is 8.85. The fourth-order valence-electron chi connectivity index (χ4n) is 4.03. The molecule has 0 saturated carbocycles. The Kier molecular flexibility index (Phi) is 10.6. The predicted molar refractivity (Wildman–Crippen MR) is 161 cm³/mol. The molecule has 10 heteroatoms. The molecule has 0 bridgehead atoms. The maximum atomic E-state index is 14.0. The van der Waals surface area contributed by atoms with Crippen LogP contribution >= 0.6 is 23.2 Å². The maximum absolute atomic E-state index is 14.0. The summed E-state index contributed by atoms with van der Waals surface area (Å²) in [6, 6.07) is 17.4. The molecule has 0 aromatic heterocycles. The Bertz CT molecular complexity index is 1460. The van der Waals surface area contributed by atoms with Crippen molar-refractivity contribution < 1.29 is 18.0 Å². The summed E-state index contributed by atoms with van der Waals surface area (Å²) in [4.78, 5) is 28.5. The fraction of sp³-hybridized carbons (Fsp3) is 0.333. The van der Waals surface area contributed by atoms with Gasteiger partial charge in [0, 0.05) is 18.1 Å². The Hall–Kier alpha value is -3.07. The zero-order chi connectivity index (χ0) is 29.6. The van der Waals surface area contributed by atoms with Gasteiger partial charge in [-0.3, -0.25) is 13.9 Å². The molecule has 0 spiro atoms. The number of rotatable bonds is 11. The van der Waals surface area contributed by atoms with Crippen LogP contribution in [0, 0.1) is 19.8 Å². The molecule has 2 amide bonds. The topological polar surface area (TPSA) is 86.8 Å². The van der Waals surface area contributed by atoms with E-state index in [2.05, 4.69) is 5.32 Å². The lowest BCUT2D eigenvalue weighted by Crippen LogP contribution is -2.51. The van der Waals surface area contributed by atoms with Gasteiger partial charge >= 0.3 is 0 Å². The molecule has 3 rings (SSSR count). The first-order chi connectivity index (χ1) is 18.8. The molecule has 1 atom stereocenters. The van der Waals surface area contributed by atoms with E-state index in [1.165, 1.54) is 35.2 Å². The third-order valence-electron chi connectivity index (χ3n) is 6.52. The molecule has 0 aliphatic heterocycles. The van der Waals surface area contributed by atoms with Gasteiger partial charge in [0.1, 0.15) is 12.6 Å². The highest BCUT2D eigenvalue weighted by Crippen LogP contribution is 2.33. The van der Waals surface area contributed by atoms with E-state index in [0.29, 0.717) is 6.54 Å². The summed E-state index contributed by atoms with van der Waals surface area (Å²) in [5, 5.41) is 3.25. The number of benzene rings is 3.